The van der Waals surface area contributed by atoms with Crippen molar-refractivity contribution in [2.75, 3.05) is 26.2 Å². The molecule has 1 aliphatic rings. The molecule has 0 spiro atoms. The highest BCUT2D eigenvalue weighted by molar-refractivity contribution is 14.0. The van der Waals surface area contributed by atoms with Gasteiger partial charge in [-0.05, 0) is 42.7 Å². The topological polar surface area (TPSA) is 65.5 Å². The van der Waals surface area contributed by atoms with Gasteiger partial charge >= 0.3 is 0 Å². The summed E-state index contributed by atoms with van der Waals surface area (Å²) in [4.78, 5) is 16.2. The molecule has 0 heterocycles. The molecular formula is C21H35IN4O. The molecule has 0 saturated heterocycles. The molecule has 0 aliphatic heterocycles. The summed E-state index contributed by atoms with van der Waals surface area (Å²) in [5.74, 6) is 1.26. The Morgan fingerprint density at radius 2 is 1.70 bits per heavy atom. The number of nitrogens with zero attached hydrogens (tertiary/aromatic N) is 1. The third-order valence-electron chi connectivity index (χ3n) is 4.50. The molecule has 6 heteroatoms. The summed E-state index contributed by atoms with van der Waals surface area (Å²) < 4.78 is 0. The summed E-state index contributed by atoms with van der Waals surface area (Å²) >= 11 is 0. The number of hydrogen-bond donors (Lipinski definition) is 3. The number of amides is 1. The first-order valence-corrected chi connectivity index (χ1v) is 9.79. The molecular weight excluding hydrogens is 451 g/mol. The van der Waals surface area contributed by atoms with E-state index in [4.69, 9.17) is 0 Å². The normalized spacial score (nSPS) is 14.3. The zero-order valence-electron chi connectivity index (χ0n) is 17.1. The smallest absolute Gasteiger partial charge is 0.223 e. The van der Waals surface area contributed by atoms with E-state index in [0.717, 1.165) is 38.3 Å². The SMILES string of the molecule is CCNC(=NCCc1ccc(C(C)(C)C)cc1)NCCNC(=O)C1CC1.I. The number of rotatable bonds is 8. The van der Waals surface area contributed by atoms with Gasteiger partial charge < -0.3 is 16.0 Å². The van der Waals surface area contributed by atoms with Crippen LogP contribution in [-0.2, 0) is 16.6 Å². The van der Waals surface area contributed by atoms with Gasteiger partial charge in [-0.2, -0.15) is 0 Å². The Morgan fingerprint density at radius 3 is 2.26 bits per heavy atom. The number of carbonyl (C=O) groups excluding carboxylic acids is 1. The standard InChI is InChI=1S/C21H34N4O.HI/c1-5-22-20(25-15-14-23-19(26)17-8-9-17)24-13-12-16-6-10-18(11-7-16)21(2,3)4;/h6-7,10-11,17H,5,8-9,12-15H2,1-4H3,(H,23,26)(H2,22,24,25);1H. The minimum absolute atomic E-state index is 0. The van der Waals surface area contributed by atoms with E-state index < -0.39 is 0 Å². The molecule has 1 saturated carbocycles. The van der Waals surface area contributed by atoms with Crippen LogP contribution in [0.25, 0.3) is 0 Å². The number of nitrogens with one attached hydrogen (secondary N) is 3. The molecule has 5 nitrogen and oxygen atoms in total. The Morgan fingerprint density at radius 1 is 1.07 bits per heavy atom. The molecule has 1 fully saturated rings. The number of hydrogen-bond acceptors (Lipinski definition) is 2. The maximum Gasteiger partial charge on any atom is 0.223 e. The van der Waals surface area contributed by atoms with Crippen LogP contribution in [0.15, 0.2) is 29.3 Å². The number of aliphatic imine (C=N–C) groups is 1. The molecule has 0 unspecified atom stereocenters. The van der Waals surface area contributed by atoms with Crippen LogP contribution >= 0.6 is 24.0 Å². The van der Waals surface area contributed by atoms with Crippen LogP contribution < -0.4 is 16.0 Å². The molecule has 1 aromatic carbocycles. The van der Waals surface area contributed by atoms with E-state index in [1.165, 1.54) is 11.1 Å². The van der Waals surface area contributed by atoms with Crippen molar-refractivity contribution in [1.82, 2.24) is 16.0 Å². The van der Waals surface area contributed by atoms with Crippen LogP contribution in [0.5, 0.6) is 0 Å². The van der Waals surface area contributed by atoms with E-state index >= 15 is 0 Å². The summed E-state index contributed by atoms with van der Waals surface area (Å²) in [5, 5.41) is 9.48. The van der Waals surface area contributed by atoms with Crippen molar-refractivity contribution in [1.29, 1.82) is 0 Å². The fourth-order valence-corrected chi connectivity index (χ4v) is 2.67. The van der Waals surface area contributed by atoms with Crippen LogP contribution in [0.4, 0.5) is 0 Å². The first kappa shape index (κ1) is 23.7. The van der Waals surface area contributed by atoms with Gasteiger partial charge in [0.05, 0.1) is 0 Å². The lowest BCUT2D eigenvalue weighted by Gasteiger charge is -2.19. The maximum absolute atomic E-state index is 11.6. The monoisotopic (exact) mass is 486 g/mol. The molecule has 0 radical (unpaired) electrons. The summed E-state index contributed by atoms with van der Waals surface area (Å²) in [5.41, 5.74) is 2.84. The van der Waals surface area contributed by atoms with Gasteiger partial charge in [0.1, 0.15) is 0 Å². The summed E-state index contributed by atoms with van der Waals surface area (Å²) in [7, 11) is 0. The summed E-state index contributed by atoms with van der Waals surface area (Å²) in [6, 6.07) is 8.82. The zero-order chi connectivity index (χ0) is 19.0. The largest absolute Gasteiger partial charge is 0.357 e. The van der Waals surface area contributed by atoms with E-state index in [9.17, 15) is 4.79 Å². The molecule has 0 bridgehead atoms. The Balaban J connectivity index is 0.00000364. The van der Waals surface area contributed by atoms with E-state index in [1.54, 1.807) is 0 Å². The zero-order valence-corrected chi connectivity index (χ0v) is 19.4. The van der Waals surface area contributed by atoms with Gasteiger partial charge in [0.15, 0.2) is 5.96 Å². The Kier molecular flexibility index (Phi) is 10.1. The maximum atomic E-state index is 11.6. The van der Waals surface area contributed by atoms with Gasteiger partial charge in [0, 0.05) is 32.1 Å². The highest BCUT2D eigenvalue weighted by Gasteiger charge is 2.28. The molecule has 3 N–H and O–H groups in total. The fraction of sp³-hybridized carbons (Fsp3) is 0.619. The second-order valence-electron chi connectivity index (χ2n) is 7.95. The minimum atomic E-state index is 0. The Hall–Kier alpha value is -1.31. The van der Waals surface area contributed by atoms with Crippen molar-refractivity contribution in [3.63, 3.8) is 0 Å². The van der Waals surface area contributed by atoms with Gasteiger partial charge in [-0.25, -0.2) is 0 Å². The minimum Gasteiger partial charge on any atom is -0.357 e. The van der Waals surface area contributed by atoms with Crippen molar-refractivity contribution in [2.45, 2.75) is 52.4 Å². The average Bonchev–Trinajstić information content (AvgIpc) is 3.43. The van der Waals surface area contributed by atoms with E-state index in [-0.39, 0.29) is 41.2 Å². The van der Waals surface area contributed by atoms with Crippen LogP contribution in [0.1, 0.15) is 51.7 Å². The lowest BCUT2D eigenvalue weighted by atomic mass is 9.86. The lowest BCUT2D eigenvalue weighted by Crippen LogP contribution is -2.41. The molecule has 1 aromatic rings. The van der Waals surface area contributed by atoms with E-state index in [1.807, 2.05) is 0 Å². The van der Waals surface area contributed by atoms with Gasteiger partial charge in [-0.15, -0.1) is 24.0 Å². The van der Waals surface area contributed by atoms with Gasteiger partial charge in [0.25, 0.3) is 0 Å². The van der Waals surface area contributed by atoms with Crippen LogP contribution in [-0.4, -0.2) is 38.0 Å². The highest BCUT2D eigenvalue weighted by Crippen LogP contribution is 2.28. The van der Waals surface area contributed by atoms with Crippen LogP contribution in [0.2, 0.25) is 0 Å². The fourth-order valence-electron chi connectivity index (χ4n) is 2.67. The Bertz CT molecular complexity index is 604. The van der Waals surface area contributed by atoms with Crippen molar-refractivity contribution >= 4 is 35.8 Å². The van der Waals surface area contributed by atoms with Crippen LogP contribution in [0, 0.1) is 5.92 Å². The van der Waals surface area contributed by atoms with Gasteiger partial charge in [-0.3, -0.25) is 9.79 Å². The predicted molar refractivity (Wildman–Crippen MR) is 124 cm³/mol. The molecule has 0 atom stereocenters. The van der Waals surface area contributed by atoms with Gasteiger partial charge in [-0.1, -0.05) is 45.0 Å². The molecule has 1 amide bonds. The third-order valence-corrected chi connectivity index (χ3v) is 4.50. The molecule has 27 heavy (non-hydrogen) atoms. The number of carbonyl (C=O) groups is 1. The summed E-state index contributed by atoms with van der Waals surface area (Å²) in [6.07, 6.45) is 3.00. The van der Waals surface area contributed by atoms with Crippen molar-refractivity contribution in [3.8, 4) is 0 Å². The van der Waals surface area contributed by atoms with E-state index in [2.05, 4.69) is 72.9 Å². The van der Waals surface area contributed by atoms with Crippen LogP contribution in [0.3, 0.4) is 0 Å². The summed E-state index contributed by atoms with van der Waals surface area (Å²) in [6.45, 7) is 11.6. The first-order chi connectivity index (χ1) is 12.4. The number of halogens is 1. The lowest BCUT2D eigenvalue weighted by molar-refractivity contribution is -0.122. The number of guanidine groups is 1. The molecule has 1 aliphatic carbocycles. The molecule has 0 aromatic heterocycles. The number of benzene rings is 1. The first-order valence-electron chi connectivity index (χ1n) is 9.79. The van der Waals surface area contributed by atoms with Crippen molar-refractivity contribution in [3.05, 3.63) is 35.4 Å². The highest BCUT2D eigenvalue weighted by atomic mass is 127. The average molecular weight is 486 g/mol. The predicted octanol–water partition coefficient (Wildman–Crippen LogP) is 3.23. The Labute approximate surface area is 181 Å². The van der Waals surface area contributed by atoms with Crippen molar-refractivity contribution in [2.24, 2.45) is 10.9 Å². The molecule has 2 rings (SSSR count). The van der Waals surface area contributed by atoms with E-state index in [0.29, 0.717) is 13.1 Å². The van der Waals surface area contributed by atoms with Crippen molar-refractivity contribution < 1.29 is 4.79 Å². The third kappa shape index (κ3) is 8.95. The second kappa shape index (κ2) is 11.5. The molecule has 152 valence electrons. The quantitative estimate of drug-likeness (QED) is 0.229. The van der Waals surface area contributed by atoms with Gasteiger partial charge in [0.2, 0.25) is 5.91 Å². The second-order valence-corrected chi connectivity index (χ2v) is 7.95.